The van der Waals surface area contributed by atoms with Crippen LogP contribution < -0.4 is 10.1 Å². The highest BCUT2D eigenvalue weighted by Crippen LogP contribution is 2.53. The van der Waals surface area contributed by atoms with Crippen molar-refractivity contribution in [2.24, 2.45) is 5.92 Å². The summed E-state index contributed by atoms with van der Waals surface area (Å²) in [5.41, 5.74) is 2.64. The minimum atomic E-state index is -0.714. The zero-order chi connectivity index (χ0) is 18.3. The van der Waals surface area contributed by atoms with Crippen molar-refractivity contribution in [3.05, 3.63) is 29.3 Å². The summed E-state index contributed by atoms with van der Waals surface area (Å²) in [6, 6.07) is 6.24. The van der Waals surface area contributed by atoms with Gasteiger partial charge in [0.2, 0.25) is 0 Å². The summed E-state index contributed by atoms with van der Waals surface area (Å²) in [5.74, 6) is -0.0913. The number of hydrogen-bond acceptors (Lipinski definition) is 3. The van der Waals surface area contributed by atoms with Crippen molar-refractivity contribution in [3.63, 3.8) is 0 Å². The second-order valence-electron chi connectivity index (χ2n) is 8.00. The highest BCUT2D eigenvalue weighted by molar-refractivity contribution is 5.76. The Balaban J connectivity index is 1.41. The van der Waals surface area contributed by atoms with Crippen LogP contribution in [0.3, 0.4) is 0 Å². The van der Waals surface area contributed by atoms with Crippen LogP contribution >= 0.6 is 0 Å². The Hall–Kier alpha value is -2.24. The molecule has 6 nitrogen and oxygen atoms in total. The van der Waals surface area contributed by atoms with E-state index in [1.54, 1.807) is 7.11 Å². The number of benzene rings is 1. The second kappa shape index (κ2) is 6.49. The van der Waals surface area contributed by atoms with Crippen molar-refractivity contribution in [2.75, 3.05) is 13.7 Å². The van der Waals surface area contributed by atoms with Gasteiger partial charge in [0.15, 0.2) is 0 Å². The number of carboxylic acids is 1. The van der Waals surface area contributed by atoms with Gasteiger partial charge in [0.05, 0.1) is 13.0 Å². The first kappa shape index (κ1) is 17.2. The number of carbonyl (C=O) groups is 2. The lowest BCUT2D eigenvalue weighted by Gasteiger charge is -2.37. The molecule has 0 atom stereocenters. The maximum absolute atomic E-state index is 12.8. The molecular weight excluding hydrogens is 332 g/mol. The van der Waals surface area contributed by atoms with E-state index in [-0.39, 0.29) is 23.4 Å². The van der Waals surface area contributed by atoms with Gasteiger partial charge in [-0.2, -0.15) is 0 Å². The zero-order valence-electron chi connectivity index (χ0n) is 15.2. The van der Waals surface area contributed by atoms with Crippen LogP contribution in [0.25, 0.3) is 0 Å². The molecule has 0 saturated heterocycles. The van der Waals surface area contributed by atoms with Crippen LogP contribution in [0.5, 0.6) is 5.75 Å². The van der Waals surface area contributed by atoms with Gasteiger partial charge in [0.1, 0.15) is 5.75 Å². The minimum absolute atomic E-state index is 0.0171. The largest absolute Gasteiger partial charge is 0.497 e. The molecule has 6 heteroatoms. The fourth-order valence-corrected chi connectivity index (χ4v) is 4.50. The summed E-state index contributed by atoms with van der Waals surface area (Å²) in [6.07, 6.45) is 5.01. The van der Waals surface area contributed by atoms with E-state index in [1.165, 1.54) is 11.1 Å². The Bertz CT molecular complexity index is 721. The van der Waals surface area contributed by atoms with Gasteiger partial charge in [-0.25, -0.2) is 4.79 Å². The lowest BCUT2D eigenvalue weighted by molar-refractivity contribution is -0.142. The molecular formula is C20H26N2O4. The molecule has 0 unspecified atom stereocenters. The van der Waals surface area contributed by atoms with Gasteiger partial charge in [-0.15, -0.1) is 0 Å². The molecule has 1 aliphatic heterocycles. The fourth-order valence-electron chi connectivity index (χ4n) is 4.50. The lowest BCUT2D eigenvalue weighted by atomic mass is 9.86. The number of amides is 2. The van der Waals surface area contributed by atoms with Gasteiger partial charge in [-0.1, -0.05) is 6.07 Å². The standard InChI is InChI=1S/C20H26N2O4/c1-26-16-7-4-14-11-22(12-20(8-9-20)17(14)10-16)19(25)21-15-5-2-13(3-6-15)18(23)24/h4,7,10,13,15H,2-3,5-6,8-9,11-12H2,1H3,(H,21,25)(H,23,24). The van der Waals surface area contributed by atoms with Crippen LogP contribution in [0, 0.1) is 5.92 Å². The van der Waals surface area contributed by atoms with Crippen molar-refractivity contribution >= 4 is 12.0 Å². The smallest absolute Gasteiger partial charge is 0.317 e. The maximum Gasteiger partial charge on any atom is 0.317 e. The van der Waals surface area contributed by atoms with Crippen LogP contribution in [-0.4, -0.2) is 41.7 Å². The number of nitrogens with one attached hydrogen (secondary N) is 1. The summed E-state index contributed by atoms with van der Waals surface area (Å²) < 4.78 is 5.37. The Labute approximate surface area is 153 Å². The molecule has 1 heterocycles. The molecule has 1 aromatic rings. The van der Waals surface area contributed by atoms with Crippen molar-refractivity contribution < 1.29 is 19.4 Å². The molecule has 2 aliphatic carbocycles. The molecule has 4 rings (SSSR count). The highest BCUT2D eigenvalue weighted by Gasteiger charge is 2.50. The quantitative estimate of drug-likeness (QED) is 0.871. The Morgan fingerprint density at radius 2 is 1.96 bits per heavy atom. The minimum Gasteiger partial charge on any atom is -0.497 e. The normalized spacial score (nSPS) is 26.1. The van der Waals surface area contributed by atoms with Crippen LogP contribution in [0.1, 0.15) is 49.7 Å². The van der Waals surface area contributed by atoms with Crippen LogP contribution in [0.2, 0.25) is 0 Å². The first-order valence-corrected chi connectivity index (χ1v) is 9.46. The third-order valence-corrected chi connectivity index (χ3v) is 6.29. The number of urea groups is 1. The molecule has 0 aromatic heterocycles. The van der Waals surface area contributed by atoms with Gasteiger partial charge < -0.3 is 20.1 Å². The number of ether oxygens (including phenoxy) is 1. The van der Waals surface area contributed by atoms with E-state index in [0.29, 0.717) is 19.4 Å². The summed E-state index contributed by atoms with van der Waals surface area (Å²) in [4.78, 5) is 25.8. The van der Waals surface area contributed by atoms with E-state index < -0.39 is 5.97 Å². The van der Waals surface area contributed by atoms with Crippen LogP contribution in [0.4, 0.5) is 4.79 Å². The lowest BCUT2D eigenvalue weighted by Crippen LogP contribution is -2.50. The van der Waals surface area contributed by atoms with E-state index in [1.807, 2.05) is 11.0 Å². The second-order valence-corrected chi connectivity index (χ2v) is 8.00. The predicted octanol–water partition coefficient (Wildman–Crippen LogP) is 2.90. The topological polar surface area (TPSA) is 78.9 Å². The number of nitrogens with zero attached hydrogens (tertiary/aromatic N) is 1. The van der Waals surface area contributed by atoms with E-state index in [9.17, 15) is 9.59 Å². The molecule has 2 N–H and O–H groups in total. The Morgan fingerprint density at radius 1 is 1.23 bits per heavy atom. The molecule has 140 valence electrons. The third-order valence-electron chi connectivity index (χ3n) is 6.29. The van der Waals surface area contributed by atoms with E-state index in [2.05, 4.69) is 17.4 Å². The summed E-state index contributed by atoms with van der Waals surface area (Å²) in [5, 5.41) is 12.2. The Morgan fingerprint density at radius 3 is 2.58 bits per heavy atom. The van der Waals surface area contributed by atoms with Gasteiger partial charge >= 0.3 is 12.0 Å². The van der Waals surface area contributed by atoms with Gasteiger partial charge in [0.25, 0.3) is 0 Å². The van der Waals surface area contributed by atoms with Crippen molar-refractivity contribution in [1.29, 1.82) is 0 Å². The summed E-state index contributed by atoms with van der Waals surface area (Å²) in [6.45, 7) is 1.38. The van der Waals surface area contributed by atoms with E-state index in [0.717, 1.165) is 38.0 Å². The molecule has 1 aromatic carbocycles. The van der Waals surface area contributed by atoms with Gasteiger partial charge in [0, 0.05) is 24.5 Å². The van der Waals surface area contributed by atoms with E-state index in [4.69, 9.17) is 9.84 Å². The van der Waals surface area contributed by atoms with Crippen molar-refractivity contribution in [3.8, 4) is 5.75 Å². The number of carbonyl (C=O) groups excluding carboxylic acids is 1. The molecule has 2 fully saturated rings. The number of hydrogen-bond donors (Lipinski definition) is 2. The predicted molar refractivity (Wildman–Crippen MR) is 96.2 cm³/mol. The number of fused-ring (bicyclic) bond motifs is 2. The molecule has 3 aliphatic rings. The summed E-state index contributed by atoms with van der Waals surface area (Å²) >= 11 is 0. The number of carboxylic acid groups (broad SMARTS) is 1. The van der Waals surface area contributed by atoms with Crippen LogP contribution in [0.15, 0.2) is 18.2 Å². The Kier molecular flexibility index (Phi) is 4.29. The fraction of sp³-hybridized carbons (Fsp3) is 0.600. The van der Waals surface area contributed by atoms with Gasteiger partial charge in [-0.3, -0.25) is 4.79 Å². The maximum atomic E-state index is 12.8. The monoisotopic (exact) mass is 358 g/mol. The molecule has 2 amide bonds. The third kappa shape index (κ3) is 3.13. The molecule has 0 radical (unpaired) electrons. The average Bonchev–Trinajstić information content (AvgIpc) is 3.41. The molecule has 26 heavy (non-hydrogen) atoms. The number of rotatable bonds is 3. The van der Waals surface area contributed by atoms with E-state index >= 15 is 0 Å². The summed E-state index contributed by atoms with van der Waals surface area (Å²) in [7, 11) is 1.68. The van der Waals surface area contributed by atoms with Gasteiger partial charge in [-0.05, 0) is 61.8 Å². The SMILES string of the molecule is COc1ccc2c(c1)C1(CC1)CN(C(=O)NC1CCC(C(=O)O)CC1)C2. The zero-order valence-corrected chi connectivity index (χ0v) is 15.2. The number of aliphatic carboxylic acids is 1. The first-order chi connectivity index (χ1) is 12.5. The van der Waals surface area contributed by atoms with Crippen LogP contribution in [-0.2, 0) is 16.8 Å². The van der Waals surface area contributed by atoms with Crippen molar-refractivity contribution in [1.82, 2.24) is 10.2 Å². The molecule has 0 bridgehead atoms. The molecule has 1 spiro atoms. The van der Waals surface area contributed by atoms with Crippen molar-refractivity contribution in [2.45, 2.75) is 56.5 Å². The first-order valence-electron chi connectivity index (χ1n) is 9.46. The average molecular weight is 358 g/mol. The molecule has 2 saturated carbocycles. The number of methoxy groups -OCH3 is 1. The highest BCUT2D eigenvalue weighted by atomic mass is 16.5.